The average molecular weight is 282 g/mol. The van der Waals surface area contributed by atoms with Crippen molar-refractivity contribution in [2.75, 3.05) is 5.73 Å². The zero-order valence-electron chi connectivity index (χ0n) is 10.1. The fourth-order valence-electron chi connectivity index (χ4n) is 1.82. The number of anilines is 1. The van der Waals surface area contributed by atoms with Crippen molar-refractivity contribution in [2.45, 2.75) is 12.7 Å². The van der Waals surface area contributed by atoms with Crippen molar-refractivity contribution in [3.63, 3.8) is 0 Å². The van der Waals surface area contributed by atoms with Gasteiger partial charge >= 0.3 is 6.18 Å². The second-order valence-corrected chi connectivity index (χ2v) is 4.26. The van der Waals surface area contributed by atoms with E-state index in [0.717, 1.165) is 12.1 Å². The second kappa shape index (κ2) is 4.26. The largest absolute Gasteiger partial charge is 0.439 e. The van der Waals surface area contributed by atoms with Crippen molar-refractivity contribution in [3.05, 3.63) is 42.0 Å². The molecule has 2 N–H and O–H groups in total. The number of hydrogen-bond donors (Lipinski definition) is 1. The van der Waals surface area contributed by atoms with E-state index in [2.05, 4.69) is 10.1 Å². The standard InChI is InChI=1S/C12H9F3N4O/c13-12(14,15)7-1-2-10-9(3-7)18-11(20-10)6-19-5-8(16)4-17-19/h1-5H,6,16H2. The number of oxazole rings is 1. The molecule has 104 valence electrons. The van der Waals surface area contributed by atoms with Crippen molar-refractivity contribution in [1.29, 1.82) is 0 Å². The molecule has 20 heavy (non-hydrogen) atoms. The van der Waals surface area contributed by atoms with Crippen LogP contribution in [0.4, 0.5) is 18.9 Å². The number of nitrogens with two attached hydrogens (primary N) is 1. The van der Waals surface area contributed by atoms with Gasteiger partial charge in [-0.1, -0.05) is 0 Å². The number of nitrogen functional groups attached to an aromatic ring is 1. The molecule has 0 aliphatic rings. The molecule has 8 heteroatoms. The molecule has 2 aromatic heterocycles. The van der Waals surface area contributed by atoms with E-state index in [9.17, 15) is 13.2 Å². The van der Waals surface area contributed by atoms with Crippen LogP contribution in [-0.4, -0.2) is 14.8 Å². The molecular weight excluding hydrogens is 273 g/mol. The molecule has 2 heterocycles. The molecule has 0 aliphatic heterocycles. The zero-order chi connectivity index (χ0) is 14.3. The highest BCUT2D eigenvalue weighted by atomic mass is 19.4. The predicted molar refractivity (Wildman–Crippen MR) is 64.8 cm³/mol. The number of rotatable bonds is 2. The van der Waals surface area contributed by atoms with Crippen LogP contribution in [0.5, 0.6) is 0 Å². The molecule has 3 rings (SSSR count). The molecule has 0 amide bonds. The number of hydrogen-bond acceptors (Lipinski definition) is 4. The molecule has 0 bridgehead atoms. The number of benzene rings is 1. The normalized spacial score (nSPS) is 12.2. The van der Waals surface area contributed by atoms with Crippen LogP contribution in [0, 0.1) is 0 Å². The third-order valence-electron chi connectivity index (χ3n) is 2.71. The van der Waals surface area contributed by atoms with Gasteiger partial charge in [-0.3, -0.25) is 4.68 Å². The number of alkyl halides is 3. The molecule has 0 atom stereocenters. The topological polar surface area (TPSA) is 69.9 Å². The first-order chi connectivity index (χ1) is 9.41. The van der Waals surface area contributed by atoms with Crippen LogP contribution in [-0.2, 0) is 12.7 Å². The Morgan fingerprint density at radius 3 is 2.75 bits per heavy atom. The van der Waals surface area contributed by atoms with Gasteiger partial charge in [-0.25, -0.2) is 4.98 Å². The first kappa shape index (κ1) is 12.5. The fraction of sp³-hybridized carbons (Fsp3) is 0.167. The number of halogens is 3. The van der Waals surface area contributed by atoms with Crippen LogP contribution in [0.25, 0.3) is 11.1 Å². The van der Waals surface area contributed by atoms with E-state index < -0.39 is 11.7 Å². The van der Waals surface area contributed by atoms with Gasteiger partial charge in [0.05, 0.1) is 17.4 Å². The van der Waals surface area contributed by atoms with Crippen molar-refractivity contribution >= 4 is 16.8 Å². The summed E-state index contributed by atoms with van der Waals surface area (Å²) in [6, 6.07) is 3.18. The minimum atomic E-state index is -4.40. The van der Waals surface area contributed by atoms with E-state index in [4.69, 9.17) is 10.2 Å². The lowest BCUT2D eigenvalue weighted by molar-refractivity contribution is -0.137. The van der Waals surface area contributed by atoms with Crippen molar-refractivity contribution in [3.8, 4) is 0 Å². The van der Waals surface area contributed by atoms with Crippen molar-refractivity contribution in [2.24, 2.45) is 0 Å². The van der Waals surface area contributed by atoms with Gasteiger partial charge in [0, 0.05) is 6.20 Å². The average Bonchev–Trinajstić information content (AvgIpc) is 2.93. The van der Waals surface area contributed by atoms with Crippen LogP contribution in [0.3, 0.4) is 0 Å². The van der Waals surface area contributed by atoms with E-state index in [1.54, 1.807) is 6.20 Å². The van der Waals surface area contributed by atoms with Gasteiger partial charge in [0.2, 0.25) is 5.89 Å². The molecule has 0 unspecified atom stereocenters. The van der Waals surface area contributed by atoms with E-state index in [1.165, 1.54) is 16.9 Å². The Labute approximate surface area is 110 Å². The minimum Gasteiger partial charge on any atom is -0.439 e. The van der Waals surface area contributed by atoms with Crippen molar-refractivity contribution < 1.29 is 17.6 Å². The van der Waals surface area contributed by atoms with Gasteiger partial charge in [-0.2, -0.15) is 18.3 Å². The molecule has 5 nitrogen and oxygen atoms in total. The van der Waals surface area contributed by atoms with Crippen LogP contribution in [0.2, 0.25) is 0 Å². The van der Waals surface area contributed by atoms with E-state index >= 15 is 0 Å². The molecular formula is C12H9F3N4O. The maximum Gasteiger partial charge on any atom is 0.416 e. The molecule has 0 fully saturated rings. The first-order valence-electron chi connectivity index (χ1n) is 5.66. The molecule has 0 radical (unpaired) electrons. The SMILES string of the molecule is Nc1cnn(Cc2nc3cc(C(F)(F)F)ccc3o2)c1. The quantitative estimate of drug-likeness (QED) is 0.784. The summed E-state index contributed by atoms with van der Waals surface area (Å²) < 4.78 is 44.6. The van der Waals surface area contributed by atoms with Gasteiger partial charge in [0.15, 0.2) is 5.58 Å². The first-order valence-corrected chi connectivity index (χ1v) is 5.66. The highest BCUT2D eigenvalue weighted by Crippen LogP contribution is 2.31. The molecule has 1 aromatic carbocycles. The summed E-state index contributed by atoms with van der Waals surface area (Å²) in [5.74, 6) is 0.266. The summed E-state index contributed by atoms with van der Waals surface area (Å²) in [6.07, 6.45) is -1.36. The highest BCUT2D eigenvalue weighted by Gasteiger charge is 2.31. The molecule has 0 spiro atoms. The van der Waals surface area contributed by atoms with E-state index in [1.807, 2.05) is 0 Å². The van der Waals surface area contributed by atoms with Gasteiger partial charge in [0.1, 0.15) is 12.1 Å². The summed E-state index contributed by atoms with van der Waals surface area (Å²) in [6.45, 7) is 0.202. The fourth-order valence-corrected chi connectivity index (χ4v) is 1.82. The third-order valence-corrected chi connectivity index (χ3v) is 2.71. The zero-order valence-corrected chi connectivity index (χ0v) is 10.1. The summed E-state index contributed by atoms with van der Waals surface area (Å²) in [5.41, 5.74) is 5.71. The van der Waals surface area contributed by atoms with Crippen LogP contribution in [0.15, 0.2) is 35.0 Å². The van der Waals surface area contributed by atoms with Crippen LogP contribution >= 0.6 is 0 Å². The molecule has 3 aromatic rings. The lowest BCUT2D eigenvalue weighted by atomic mass is 10.2. The van der Waals surface area contributed by atoms with Gasteiger partial charge in [-0.15, -0.1) is 0 Å². The Balaban J connectivity index is 1.94. The predicted octanol–water partition coefficient (Wildman–Crippen LogP) is 2.67. The summed E-state index contributed by atoms with van der Waals surface area (Å²) in [5, 5.41) is 3.95. The molecule has 0 saturated carbocycles. The van der Waals surface area contributed by atoms with Gasteiger partial charge in [0.25, 0.3) is 0 Å². The maximum absolute atomic E-state index is 12.6. The number of fused-ring (bicyclic) bond motifs is 1. The smallest absolute Gasteiger partial charge is 0.416 e. The molecule has 0 saturated heterocycles. The maximum atomic E-state index is 12.6. The van der Waals surface area contributed by atoms with Gasteiger partial charge in [-0.05, 0) is 18.2 Å². The Hall–Kier alpha value is -2.51. The lowest BCUT2D eigenvalue weighted by Crippen LogP contribution is -2.04. The second-order valence-electron chi connectivity index (χ2n) is 4.26. The number of aromatic nitrogens is 3. The third kappa shape index (κ3) is 2.31. The van der Waals surface area contributed by atoms with Crippen LogP contribution in [0.1, 0.15) is 11.5 Å². The Morgan fingerprint density at radius 2 is 2.10 bits per heavy atom. The summed E-state index contributed by atoms with van der Waals surface area (Å²) in [7, 11) is 0. The van der Waals surface area contributed by atoms with Crippen molar-refractivity contribution in [1.82, 2.24) is 14.8 Å². The van der Waals surface area contributed by atoms with E-state index in [0.29, 0.717) is 11.3 Å². The van der Waals surface area contributed by atoms with Gasteiger partial charge < -0.3 is 10.2 Å². The van der Waals surface area contributed by atoms with Crippen LogP contribution < -0.4 is 5.73 Å². The highest BCUT2D eigenvalue weighted by molar-refractivity contribution is 5.73. The molecule has 0 aliphatic carbocycles. The summed E-state index contributed by atoms with van der Waals surface area (Å²) in [4.78, 5) is 4.02. The Bertz CT molecular complexity index is 759. The summed E-state index contributed by atoms with van der Waals surface area (Å²) >= 11 is 0. The Kier molecular flexibility index (Phi) is 2.66. The number of nitrogens with zero attached hydrogens (tertiary/aromatic N) is 3. The monoisotopic (exact) mass is 282 g/mol. The van der Waals surface area contributed by atoms with E-state index in [-0.39, 0.29) is 18.0 Å². The Morgan fingerprint density at radius 1 is 1.30 bits per heavy atom. The minimum absolute atomic E-state index is 0.162. The lowest BCUT2D eigenvalue weighted by Gasteiger charge is -2.04.